The van der Waals surface area contributed by atoms with E-state index in [2.05, 4.69) is 36.0 Å². The number of hydrogen-bond acceptors (Lipinski definition) is 10. The van der Waals surface area contributed by atoms with Crippen molar-refractivity contribution in [2.75, 3.05) is 17.2 Å². The van der Waals surface area contributed by atoms with Crippen LogP contribution in [-0.4, -0.2) is 75.1 Å². The highest BCUT2D eigenvalue weighted by Crippen LogP contribution is 2.28. The minimum Gasteiger partial charge on any atom is -0.490 e. The highest BCUT2D eigenvalue weighted by molar-refractivity contribution is 6.07. The summed E-state index contributed by atoms with van der Waals surface area (Å²) in [5.41, 5.74) is -2.19. The first-order chi connectivity index (χ1) is 24.6. The number of imidazole rings is 1. The third-order valence-corrected chi connectivity index (χ3v) is 7.25. The Morgan fingerprint density at radius 3 is 1.80 bits per heavy atom. The predicted molar refractivity (Wildman–Crippen MR) is 172 cm³/mol. The van der Waals surface area contributed by atoms with E-state index in [4.69, 9.17) is 4.74 Å². The summed E-state index contributed by atoms with van der Waals surface area (Å²) >= 11 is 0. The van der Waals surface area contributed by atoms with Gasteiger partial charge in [-0.15, -0.1) is 20.4 Å². The zero-order valence-corrected chi connectivity index (χ0v) is 25.9. The van der Waals surface area contributed by atoms with Crippen molar-refractivity contribution < 1.29 is 42.9 Å². The van der Waals surface area contributed by atoms with Crippen molar-refractivity contribution in [2.24, 2.45) is 0 Å². The summed E-state index contributed by atoms with van der Waals surface area (Å²) in [5, 5.41) is 39.6. The van der Waals surface area contributed by atoms with E-state index in [0.717, 1.165) is 24.3 Å². The largest absolute Gasteiger partial charge is 0.490 e. The van der Waals surface area contributed by atoms with E-state index in [1.165, 1.54) is 36.8 Å². The van der Waals surface area contributed by atoms with Crippen molar-refractivity contribution in [3.8, 4) is 17.4 Å². The average molecular weight is 696 g/mol. The SMILES string of the molecule is O=C(Nc1cc(F)c(CCOc2cc(C(=O)O)c(NC(=O)c3ccc(-n4cccc4)nn3)cc2F)cc1C(=O)O)c1ccc(-n2ccnc2)nn1. The van der Waals surface area contributed by atoms with Gasteiger partial charge in [-0.05, 0) is 60.2 Å². The lowest BCUT2D eigenvalue weighted by Gasteiger charge is -2.14. The van der Waals surface area contributed by atoms with Crippen LogP contribution in [0.2, 0.25) is 0 Å². The van der Waals surface area contributed by atoms with Gasteiger partial charge in [-0.25, -0.2) is 23.4 Å². The van der Waals surface area contributed by atoms with E-state index in [9.17, 15) is 29.4 Å². The highest BCUT2D eigenvalue weighted by atomic mass is 19.1. The molecule has 4 heterocycles. The number of nitrogens with zero attached hydrogens (tertiary/aromatic N) is 7. The van der Waals surface area contributed by atoms with Crippen LogP contribution in [0, 0.1) is 11.6 Å². The van der Waals surface area contributed by atoms with Gasteiger partial charge in [0.05, 0.1) is 29.1 Å². The molecule has 6 rings (SSSR count). The fourth-order valence-electron chi connectivity index (χ4n) is 4.73. The van der Waals surface area contributed by atoms with Gasteiger partial charge in [-0.1, -0.05) is 0 Å². The molecule has 0 bridgehead atoms. The van der Waals surface area contributed by atoms with Crippen molar-refractivity contribution in [2.45, 2.75) is 6.42 Å². The molecule has 18 heteroatoms. The number of ether oxygens (including phenoxy) is 1. The number of amides is 2. The van der Waals surface area contributed by atoms with Crippen molar-refractivity contribution in [3.05, 3.63) is 131 Å². The van der Waals surface area contributed by atoms with Crippen LogP contribution in [0.3, 0.4) is 0 Å². The molecule has 0 unspecified atom stereocenters. The molecule has 0 radical (unpaired) electrons. The first-order valence-corrected chi connectivity index (χ1v) is 14.7. The van der Waals surface area contributed by atoms with E-state index in [1.54, 1.807) is 39.9 Å². The maximum absolute atomic E-state index is 15.1. The molecule has 0 spiro atoms. The van der Waals surface area contributed by atoms with Gasteiger partial charge >= 0.3 is 11.9 Å². The molecule has 4 N–H and O–H groups in total. The number of carbonyl (C=O) groups excluding carboxylic acids is 2. The van der Waals surface area contributed by atoms with Crippen LogP contribution >= 0.6 is 0 Å². The van der Waals surface area contributed by atoms with Crippen LogP contribution in [-0.2, 0) is 6.42 Å². The van der Waals surface area contributed by atoms with Gasteiger partial charge in [0.15, 0.2) is 34.6 Å². The summed E-state index contributed by atoms with van der Waals surface area (Å²) < 4.78 is 38.7. The second-order valence-corrected chi connectivity index (χ2v) is 10.5. The average Bonchev–Trinajstić information content (AvgIpc) is 3.86. The third kappa shape index (κ3) is 7.54. The summed E-state index contributed by atoms with van der Waals surface area (Å²) in [7, 11) is 0. The van der Waals surface area contributed by atoms with Gasteiger partial charge in [-0.3, -0.25) is 14.2 Å². The van der Waals surface area contributed by atoms with Gasteiger partial charge in [0, 0.05) is 37.3 Å². The van der Waals surface area contributed by atoms with Gasteiger partial charge < -0.3 is 30.2 Å². The minimum absolute atomic E-state index is 0.151. The topological polar surface area (TPSA) is 216 Å². The number of carbonyl (C=O) groups is 4. The Morgan fingerprint density at radius 2 is 1.27 bits per heavy atom. The fraction of sp³-hybridized carbons (Fsp3) is 0.0606. The molecule has 0 aliphatic rings. The standard InChI is InChI=1S/C33H23F2N9O7/c34-21-15-25(37-30(45)24-4-6-29(42-40-24)44-11-8-36-17-44)19(32(47)48)13-18(21)7-12-51-27-14-20(33(49)50)26(16-22(27)35)38-31(46)23-3-5-28(41-39-23)43-9-1-2-10-43/h1-6,8-11,13-17H,7,12H2,(H,37,45)(H,38,46)(H,47,48)(H,49,50). The second-order valence-electron chi connectivity index (χ2n) is 10.5. The molecule has 16 nitrogen and oxygen atoms in total. The summed E-state index contributed by atoms with van der Waals surface area (Å²) in [5.74, 6) is -6.37. The summed E-state index contributed by atoms with van der Waals surface area (Å²) in [6.45, 7) is -0.411. The molecule has 51 heavy (non-hydrogen) atoms. The van der Waals surface area contributed by atoms with Crippen molar-refractivity contribution in [3.63, 3.8) is 0 Å². The lowest BCUT2D eigenvalue weighted by Crippen LogP contribution is -2.18. The van der Waals surface area contributed by atoms with Crippen LogP contribution < -0.4 is 15.4 Å². The van der Waals surface area contributed by atoms with Crippen molar-refractivity contribution >= 4 is 35.1 Å². The number of aromatic carboxylic acids is 2. The molecule has 2 aromatic carbocycles. The molecule has 0 fully saturated rings. The number of carboxylic acid groups (broad SMARTS) is 2. The Labute approximate surface area is 285 Å². The quantitative estimate of drug-likeness (QED) is 0.143. The lowest BCUT2D eigenvalue weighted by molar-refractivity contribution is 0.0686. The van der Waals surface area contributed by atoms with Gasteiger partial charge in [0.25, 0.3) is 11.8 Å². The van der Waals surface area contributed by atoms with E-state index < -0.39 is 58.9 Å². The molecule has 0 atom stereocenters. The zero-order valence-electron chi connectivity index (χ0n) is 25.9. The Bertz CT molecular complexity index is 2090. The molecule has 0 saturated carbocycles. The number of halogens is 2. The Balaban J connectivity index is 1.12. The smallest absolute Gasteiger partial charge is 0.337 e. The Hall–Kier alpha value is -7.37. The first-order valence-electron chi connectivity index (χ1n) is 14.7. The van der Waals surface area contributed by atoms with Gasteiger partial charge in [0.1, 0.15) is 12.1 Å². The third-order valence-electron chi connectivity index (χ3n) is 7.25. The molecule has 0 aliphatic heterocycles. The van der Waals surface area contributed by atoms with Gasteiger partial charge in [0.2, 0.25) is 0 Å². The summed E-state index contributed by atoms with van der Waals surface area (Å²) in [4.78, 5) is 53.4. The molecular formula is C33H23F2N9O7. The van der Waals surface area contributed by atoms with Crippen LogP contribution in [0.4, 0.5) is 20.2 Å². The number of nitrogens with one attached hydrogen (secondary N) is 2. The number of rotatable bonds is 12. The molecule has 6 aromatic rings. The van der Waals surface area contributed by atoms with E-state index in [1.807, 2.05) is 0 Å². The number of anilines is 2. The van der Waals surface area contributed by atoms with Crippen LogP contribution in [0.1, 0.15) is 47.3 Å². The Morgan fingerprint density at radius 1 is 0.706 bits per heavy atom. The molecular weight excluding hydrogens is 672 g/mol. The van der Waals surface area contributed by atoms with E-state index in [-0.39, 0.29) is 34.7 Å². The van der Waals surface area contributed by atoms with Crippen molar-refractivity contribution in [1.29, 1.82) is 0 Å². The maximum atomic E-state index is 15.1. The maximum Gasteiger partial charge on any atom is 0.337 e. The normalized spacial score (nSPS) is 10.8. The fourth-order valence-corrected chi connectivity index (χ4v) is 4.73. The molecule has 256 valence electrons. The summed E-state index contributed by atoms with van der Waals surface area (Å²) in [6.07, 6.45) is 7.78. The first kappa shape index (κ1) is 33.5. The lowest BCUT2D eigenvalue weighted by atomic mass is 10.0. The number of aromatic nitrogens is 7. The minimum atomic E-state index is -1.51. The van der Waals surface area contributed by atoms with Gasteiger partial charge in [-0.2, -0.15) is 0 Å². The van der Waals surface area contributed by atoms with E-state index in [0.29, 0.717) is 11.6 Å². The van der Waals surface area contributed by atoms with Crippen LogP contribution in [0.5, 0.6) is 5.75 Å². The number of carboxylic acids is 2. The molecule has 0 saturated heterocycles. The van der Waals surface area contributed by atoms with Crippen molar-refractivity contribution in [1.82, 2.24) is 34.5 Å². The highest BCUT2D eigenvalue weighted by Gasteiger charge is 2.21. The molecule has 4 aromatic heterocycles. The zero-order chi connectivity index (χ0) is 36.1. The number of benzene rings is 2. The molecule has 0 aliphatic carbocycles. The second kappa shape index (κ2) is 14.4. The van der Waals surface area contributed by atoms with Crippen LogP contribution in [0.15, 0.2) is 91.8 Å². The van der Waals surface area contributed by atoms with E-state index >= 15 is 8.78 Å². The predicted octanol–water partition coefficient (Wildman–Crippen LogP) is 4.04. The molecule has 2 amide bonds. The van der Waals surface area contributed by atoms with Crippen LogP contribution in [0.25, 0.3) is 11.6 Å². The Kier molecular flexibility index (Phi) is 9.47. The number of hydrogen-bond donors (Lipinski definition) is 4. The monoisotopic (exact) mass is 695 g/mol. The summed E-state index contributed by atoms with van der Waals surface area (Å²) in [6, 6.07) is 12.6.